The number of nitrogens with two attached hydrogens (primary N) is 1. The van der Waals surface area contributed by atoms with Crippen molar-refractivity contribution in [2.24, 2.45) is 11.7 Å². The molecule has 5 heteroatoms. The van der Waals surface area contributed by atoms with Crippen LogP contribution >= 0.6 is 11.8 Å². The standard InChI is InChI=1S/C10H21NO3S/c1-7(2)10(11)8(6-12)15-5-4-9(13)14-3/h7-8,10,12H,4-6,11H2,1-3H3. The van der Waals surface area contributed by atoms with Gasteiger partial charge in [-0.05, 0) is 5.92 Å². The van der Waals surface area contributed by atoms with Crippen molar-refractivity contribution < 1.29 is 14.6 Å². The molecule has 0 bridgehead atoms. The van der Waals surface area contributed by atoms with Gasteiger partial charge >= 0.3 is 5.97 Å². The van der Waals surface area contributed by atoms with Crippen LogP contribution in [0.5, 0.6) is 0 Å². The van der Waals surface area contributed by atoms with E-state index in [0.717, 1.165) is 0 Å². The van der Waals surface area contributed by atoms with Gasteiger partial charge in [0.1, 0.15) is 0 Å². The third-order valence-corrected chi connectivity index (χ3v) is 3.58. The van der Waals surface area contributed by atoms with Gasteiger partial charge in [-0.25, -0.2) is 0 Å². The number of ether oxygens (including phenoxy) is 1. The van der Waals surface area contributed by atoms with Crippen molar-refractivity contribution in [3.05, 3.63) is 0 Å². The summed E-state index contributed by atoms with van der Waals surface area (Å²) < 4.78 is 4.53. The molecule has 0 aromatic carbocycles. The van der Waals surface area contributed by atoms with E-state index in [4.69, 9.17) is 10.8 Å². The van der Waals surface area contributed by atoms with E-state index in [-0.39, 0.29) is 23.9 Å². The van der Waals surface area contributed by atoms with E-state index in [1.54, 1.807) is 0 Å². The number of esters is 1. The fraction of sp³-hybridized carbons (Fsp3) is 0.900. The molecule has 0 saturated carbocycles. The number of aliphatic hydroxyl groups is 1. The van der Waals surface area contributed by atoms with Gasteiger partial charge in [0.2, 0.25) is 0 Å². The van der Waals surface area contributed by atoms with Crippen molar-refractivity contribution in [3.8, 4) is 0 Å². The Kier molecular flexibility index (Phi) is 7.82. The first-order valence-electron chi connectivity index (χ1n) is 5.07. The minimum absolute atomic E-state index is 0.00495. The first kappa shape index (κ1) is 14.7. The van der Waals surface area contributed by atoms with Crippen LogP contribution in [0.15, 0.2) is 0 Å². The smallest absolute Gasteiger partial charge is 0.306 e. The minimum atomic E-state index is -0.225. The van der Waals surface area contributed by atoms with Crippen LogP contribution in [0, 0.1) is 5.92 Å². The summed E-state index contributed by atoms with van der Waals surface area (Å²) in [5.74, 6) is 0.739. The maximum absolute atomic E-state index is 10.9. The highest BCUT2D eigenvalue weighted by Gasteiger charge is 2.20. The third kappa shape index (κ3) is 6.02. The molecule has 0 fully saturated rings. The summed E-state index contributed by atoms with van der Waals surface area (Å²) in [6, 6.07) is -0.0438. The minimum Gasteiger partial charge on any atom is -0.469 e. The van der Waals surface area contributed by atoms with Crippen LogP contribution in [0.4, 0.5) is 0 Å². The molecule has 0 amide bonds. The van der Waals surface area contributed by atoms with E-state index in [1.165, 1.54) is 18.9 Å². The van der Waals surface area contributed by atoms with Crippen LogP contribution in [0.1, 0.15) is 20.3 Å². The van der Waals surface area contributed by atoms with Gasteiger partial charge in [0.15, 0.2) is 0 Å². The molecule has 2 unspecified atom stereocenters. The van der Waals surface area contributed by atoms with Crippen LogP contribution in [-0.4, -0.2) is 41.8 Å². The lowest BCUT2D eigenvalue weighted by Crippen LogP contribution is -2.39. The lowest BCUT2D eigenvalue weighted by atomic mass is 10.0. The number of rotatable bonds is 7. The Morgan fingerprint density at radius 2 is 2.13 bits per heavy atom. The molecule has 0 aliphatic heterocycles. The van der Waals surface area contributed by atoms with Gasteiger partial charge in [0.05, 0.1) is 20.1 Å². The van der Waals surface area contributed by atoms with Gasteiger partial charge in [-0.2, -0.15) is 11.8 Å². The number of hydrogen-bond acceptors (Lipinski definition) is 5. The maximum Gasteiger partial charge on any atom is 0.306 e. The Balaban J connectivity index is 3.85. The highest BCUT2D eigenvalue weighted by Crippen LogP contribution is 2.19. The largest absolute Gasteiger partial charge is 0.469 e. The molecule has 0 spiro atoms. The molecule has 0 rings (SSSR count). The van der Waals surface area contributed by atoms with E-state index in [1.807, 2.05) is 13.8 Å². The predicted octanol–water partition coefficient (Wildman–Crippen LogP) is 0.627. The lowest BCUT2D eigenvalue weighted by molar-refractivity contribution is -0.140. The van der Waals surface area contributed by atoms with Gasteiger partial charge in [0, 0.05) is 17.0 Å². The summed E-state index contributed by atoms with van der Waals surface area (Å²) in [6.45, 7) is 4.09. The molecule has 15 heavy (non-hydrogen) atoms. The molecule has 3 N–H and O–H groups in total. The molecule has 0 aliphatic rings. The lowest BCUT2D eigenvalue weighted by Gasteiger charge is -2.24. The van der Waals surface area contributed by atoms with Crippen LogP contribution in [0.2, 0.25) is 0 Å². The Morgan fingerprint density at radius 1 is 1.53 bits per heavy atom. The number of carbonyl (C=O) groups is 1. The molecule has 0 heterocycles. The van der Waals surface area contributed by atoms with Gasteiger partial charge in [-0.1, -0.05) is 13.8 Å². The average molecular weight is 235 g/mol. The van der Waals surface area contributed by atoms with E-state index in [0.29, 0.717) is 18.1 Å². The van der Waals surface area contributed by atoms with Crippen LogP contribution < -0.4 is 5.73 Å². The number of thioether (sulfide) groups is 1. The Morgan fingerprint density at radius 3 is 2.53 bits per heavy atom. The molecule has 0 saturated heterocycles. The monoisotopic (exact) mass is 235 g/mol. The van der Waals surface area contributed by atoms with Crippen LogP contribution in [-0.2, 0) is 9.53 Å². The first-order chi connectivity index (χ1) is 7.02. The van der Waals surface area contributed by atoms with Crippen molar-refractivity contribution in [1.29, 1.82) is 0 Å². The zero-order valence-electron chi connectivity index (χ0n) is 9.60. The molecule has 4 nitrogen and oxygen atoms in total. The predicted molar refractivity (Wildman–Crippen MR) is 62.8 cm³/mol. The topological polar surface area (TPSA) is 72.5 Å². The van der Waals surface area contributed by atoms with Crippen molar-refractivity contribution in [3.63, 3.8) is 0 Å². The van der Waals surface area contributed by atoms with Crippen molar-refractivity contribution in [1.82, 2.24) is 0 Å². The second kappa shape index (κ2) is 7.96. The van der Waals surface area contributed by atoms with Crippen molar-refractivity contribution >= 4 is 17.7 Å². The summed E-state index contributed by atoms with van der Waals surface area (Å²) >= 11 is 1.53. The Labute approximate surface area is 95.6 Å². The average Bonchev–Trinajstić information content (AvgIpc) is 2.22. The Hall–Kier alpha value is -0.260. The van der Waals surface area contributed by atoms with Crippen LogP contribution in [0.25, 0.3) is 0 Å². The summed E-state index contributed by atoms with van der Waals surface area (Å²) in [5.41, 5.74) is 5.92. The summed E-state index contributed by atoms with van der Waals surface area (Å²) in [5, 5.41) is 9.15. The normalized spacial score (nSPS) is 15.1. The number of methoxy groups -OCH3 is 1. The second-order valence-electron chi connectivity index (χ2n) is 3.74. The second-order valence-corrected chi connectivity index (χ2v) is 5.09. The van der Waals surface area contributed by atoms with E-state index >= 15 is 0 Å². The Bertz CT molecular complexity index is 188. The van der Waals surface area contributed by atoms with Gasteiger partial charge < -0.3 is 15.6 Å². The van der Waals surface area contributed by atoms with E-state index in [9.17, 15) is 4.79 Å². The highest BCUT2D eigenvalue weighted by atomic mass is 32.2. The number of aliphatic hydroxyl groups excluding tert-OH is 1. The molecular weight excluding hydrogens is 214 g/mol. The molecular formula is C10H21NO3S. The zero-order chi connectivity index (χ0) is 11.8. The molecule has 0 aliphatic carbocycles. The molecule has 0 aromatic rings. The highest BCUT2D eigenvalue weighted by molar-refractivity contribution is 8.00. The summed E-state index contributed by atoms with van der Waals surface area (Å²) in [4.78, 5) is 10.9. The van der Waals surface area contributed by atoms with Crippen LogP contribution in [0.3, 0.4) is 0 Å². The molecule has 0 aromatic heterocycles. The molecule has 2 atom stereocenters. The van der Waals surface area contributed by atoms with E-state index in [2.05, 4.69) is 4.74 Å². The van der Waals surface area contributed by atoms with Gasteiger partial charge in [-0.3, -0.25) is 4.79 Å². The number of hydrogen-bond donors (Lipinski definition) is 2. The zero-order valence-corrected chi connectivity index (χ0v) is 10.4. The van der Waals surface area contributed by atoms with Gasteiger partial charge in [0.25, 0.3) is 0 Å². The van der Waals surface area contributed by atoms with Crippen molar-refractivity contribution in [2.75, 3.05) is 19.5 Å². The molecule has 90 valence electrons. The van der Waals surface area contributed by atoms with E-state index < -0.39 is 0 Å². The molecule has 0 radical (unpaired) electrons. The maximum atomic E-state index is 10.9. The fourth-order valence-electron chi connectivity index (χ4n) is 1.11. The first-order valence-corrected chi connectivity index (χ1v) is 6.12. The third-order valence-electron chi connectivity index (χ3n) is 2.24. The quantitative estimate of drug-likeness (QED) is 0.633. The summed E-state index contributed by atoms with van der Waals surface area (Å²) in [7, 11) is 1.37. The SMILES string of the molecule is COC(=O)CCSC(CO)C(N)C(C)C. The fourth-order valence-corrected chi connectivity index (χ4v) is 2.34. The summed E-state index contributed by atoms with van der Waals surface area (Å²) in [6.07, 6.45) is 0.364. The van der Waals surface area contributed by atoms with Crippen molar-refractivity contribution in [2.45, 2.75) is 31.6 Å². The van der Waals surface area contributed by atoms with Gasteiger partial charge in [-0.15, -0.1) is 0 Å². The number of carbonyl (C=O) groups excluding carboxylic acids is 1.